The van der Waals surface area contributed by atoms with E-state index in [0.717, 1.165) is 12.0 Å². The number of phenolic OH excluding ortho intramolecular Hbond substituents is 1. The van der Waals surface area contributed by atoms with Crippen molar-refractivity contribution in [2.24, 2.45) is 23.7 Å². The van der Waals surface area contributed by atoms with Crippen molar-refractivity contribution < 1.29 is 14.6 Å². The van der Waals surface area contributed by atoms with Crippen LogP contribution in [0.2, 0.25) is 0 Å². The van der Waals surface area contributed by atoms with E-state index >= 15 is 0 Å². The maximum absolute atomic E-state index is 13.0. The van der Waals surface area contributed by atoms with Crippen molar-refractivity contribution in [3.8, 4) is 5.75 Å². The lowest BCUT2D eigenvalue weighted by Gasteiger charge is -2.43. The second kappa shape index (κ2) is 8.45. The first-order valence-electron chi connectivity index (χ1n) is 9.80. The van der Waals surface area contributed by atoms with Crippen LogP contribution < -0.4 is 0 Å². The highest BCUT2D eigenvalue weighted by molar-refractivity contribution is 5.74. The van der Waals surface area contributed by atoms with Crippen molar-refractivity contribution >= 4 is 5.97 Å². The first-order chi connectivity index (χ1) is 11.8. The van der Waals surface area contributed by atoms with Gasteiger partial charge < -0.3 is 9.84 Å². The summed E-state index contributed by atoms with van der Waals surface area (Å²) in [7, 11) is 0. The number of hydrogen-bond acceptors (Lipinski definition) is 3. The first-order valence-corrected chi connectivity index (χ1v) is 9.80. The molecule has 0 aliphatic rings. The van der Waals surface area contributed by atoms with Crippen molar-refractivity contribution in [3.63, 3.8) is 0 Å². The third-order valence-corrected chi connectivity index (χ3v) is 5.30. The molecule has 3 nitrogen and oxygen atoms in total. The molecule has 1 N–H and O–H groups in total. The minimum absolute atomic E-state index is 0.101. The molecule has 3 unspecified atom stereocenters. The number of carbonyl (C=O) groups excluding carboxylic acids is 1. The van der Waals surface area contributed by atoms with Gasteiger partial charge in [0.05, 0.1) is 5.92 Å². The van der Waals surface area contributed by atoms with Crippen LogP contribution in [0.25, 0.3) is 0 Å². The van der Waals surface area contributed by atoms with Gasteiger partial charge in [-0.3, -0.25) is 4.79 Å². The Bertz CT molecular complexity index is 580. The minimum Gasteiger partial charge on any atom is -0.508 e. The zero-order valence-electron chi connectivity index (χ0n) is 18.1. The van der Waals surface area contributed by atoms with Crippen LogP contribution in [0.15, 0.2) is 24.3 Å². The summed E-state index contributed by atoms with van der Waals surface area (Å²) < 4.78 is 5.76. The summed E-state index contributed by atoms with van der Waals surface area (Å²) in [5.74, 6) is 0.733. The fourth-order valence-electron chi connectivity index (χ4n) is 4.08. The summed E-state index contributed by atoms with van der Waals surface area (Å²) in [5, 5.41) is 9.68. The molecule has 1 rings (SSSR count). The Labute approximate surface area is 160 Å². The van der Waals surface area contributed by atoms with Gasteiger partial charge in [-0.25, -0.2) is 0 Å². The molecule has 3 heteroatoms. The lowest BCUT2D eigenvalue weighted by atomic mass is 9.62. The van der Waals surface area contributed by atoms with Gasteiger partial charge in [-0.05, 0) is 68.1 Å². The number of esters is 1. The summed E-state index contributed by atoms with van der Waals surface area (Å²) in [6.45, 7) is 18.8. The second-order valence-electron chi connectivity index (χ2n) is 9.65. The van der Waals surface area contributed by atoms with Gasteiger partial charge in [-0.2, -0.15) is 0 Å². The van der Waals surface area contributed by atoms with Gasteiger partial charge in [0.25, 0.3) is 0 Å². The van der Waals surface area contributed by atoms with E-state index in [0.29, 0.717) is 5.92 Å². The molecule has 0 amide bonds. The highest BCUT2D eigenvalue weighted by Gasteiger charge is 2.43. The zero-order valence-corrected chi connectivity index (χ0v) is 18.1. The van der Waals surface area contributed by atoms with Gasteiger partial charge in [0.1, 0.15) is 11.4 Å². The van der Waals surface area contributed by atoms with E-state index < -0.39 is 5.60 Å². The van der Waals surface area contributed by atoms with E-state index in [1.165, 1.54) is 0 Å². The minimum atomic E-state index is -0.489. The molecule has 1 aromatic carbocycles. The summed E-state index contributed by atoms with van der Waals surface area (Å²) in [6.07, 6.45) is 0.963. The number of benzene rings is 1. The maximum Gasteiger partial charge on any atom is 0.310 e. The highest BCUT2D eigenvalue weighted by Crippen LogP contribution is 2.44. The molecular formula is C23H38O3. The van der Waals surface area contributed by atoms with Crippen molar-refractivity contribution in [2.75, 3.05) is 0 Å². The zero-order chi connectivity index (χ0) is 20.3. The van der Waals surface area contributed by atoms with Crippen LogP contribution in [0.3, 0.4) is 0 Å². The average Bonchev–Trinajstić information content (AvgIpc) is 2.44. The molecule has 0 fully saturated rings. The van der Waals surface area contributed by atoms with E-state index in [1.807, 2.05) is 32.9 Å². The molecule has 0 radical (unpaired) electrons. The molecule has 0 heterocycles. The molecule has 3 atom stereocenters. The Kier molecular flexibility index (Phi) is 7.33. The monoisotopic (exact) mass is 362 g/mol. The van der Waals surface area contributed by atoms with Crippen LogP contribution in [0.5, 0.6) is 5.75 Å². The summed E-state index contributed by atoms with van der Waals surface area (Å²) in [6, 6.07) is 7.44. The van der Waals surface area contributed by atoms with Crippen molar-refractivity contribution in [1.29, 1.82) is 0 Å². The second-order valence-corrected chi connectivity index (χ2v) is 9.65. The Morgan fingerprint density at radius 1 is 1.00 bits per heavy atom. The van der Waals surface area contributed by atoms with Gasteiger partial charge in [0.2, 0.25) is 0 Å². The SMILES string of the molecule is CC(C)CC(C)(c1ccc(O)cc1)C(C)C(C(=O)OC(C)(C)C)C(C)C. The highest BCUT2D eigenvalue weighted by atomic mass is 16.6. The van der Waals surface area contributed by atoms with Crippen molar-refractivity contribution in [2.45, 2.75) is 79.8 Å². The molecule has 0 saturated carbocycles. The topological polar surface area (TPSA) is 46.5 Å². The summed E-state index contributed by atoms with van der Waals surface area (Å²) in [4.78, 5) is 13.0. The van der Waals surface area contributed by atoms with E-state index in [-0.39, 0.29) is 34.9 Å². The van der Waals surface area contributed by atoms with E-state index in [2.05, 4.69) is 41.5 Å². The van der Waals surface area contributed by atoms with Gasteiger partial charge in [0, 0.05) is 0 Å². The molecule has 0 bridgehead atoms. The number of hydrogen-bond donors (Lipinski definition) is 1. The molecule has 0 spiro atoms. The molecule has 26 heavy (non-hydrogen) atoms. The lowest BCUT2D eigenvalue weighted by molar-refractivity contribution is -0.165. The maximum atomic E-state index is 13.0. The predicted octanol–water partition coefficient (Wildman–Crippen LogP) is 5.95. The summed E-state index contributed by atoms with van der Waals surface area (Å²) in [5.41, 5.74) is 0.482. The third kappa shape index (κ3) is 5.75. The van der Waals surface area contributed by atoms with E-state index in [9.17, 15) is 9.90 Å². The number of aromatic hydroxyl groups is 1. The standard InChI is InChI=1S/C23H38O3/c1-15(2)14-23(9,18-10-12-19(24)13-11-18)17(5)20(16(3)4)21(25)26-22(6,7)8/h10-13,15-17,20,24H,14H2,1-9H3. The molecule has 0 aromatic heterocycles. The quantitative estimate of drug-likeness (QED) is 0.610. The first kappa shape index (κ1) is 22.5. The molecule has 0 saturated heterocycles. The normalized spacial score (nSPS) is 17.0. The van der Waals surface area contributed by atoms with Crippen LogP contribution in [0.1, 0.15) is 74.3 Å². The summed E-state index contributed by atoms with van der Waals surface area (Å²) >= 11 is 0. The molecule has 1 aromatic rings. The van der Waals surface area contributed by atoms with Crippen LogP contribution in [0.4, 0.5) is 0 Å². The van der Waals surface area contributed by atoms with Crippen LogP contribution >= 0.6 is 0 Å². The van der Waals surface area contributed by atoms with E-state index in [4.69, 9.17) is 4.74 Å². The Hall–Kier alpha value is -1.51. The molecule has 148 valence electrons. The fraction of sp³-hybridized carbons (Fsp3) is 0.696. The van der Waals surface area contributed by atoms with Gasteiger partial charge >= 0.3 is 5.97 Å². The van der Waals surface area contributed by atoms with Crippen molar-refractivity contribution in [1.82, 2.24) is 0 Å². The Balaban J connectivity index is 3.33. The molecule has 0 aliphatic carbocycles. The lowest BCUT2D eigenvalue weighted by Crippen LogP contribution is -2.43. The average molecular weight is 363 g/mol. The van der Waals surface area contributed by atoms with Crippen molar-refractivity contribution in [3.05, 3.63) is 29.8 Å². The molecule has 0 aliphatic heterocycles. The largest absolute Gasteiger partial charge is 0.508 e. The Morgan fingerprint density at radius 2 is 1.50 bits per heavy atom. The van der Waals surface area contributed by atoms with Gasteiger partial charge in [-0.1, -0.05) is 53.7 Å². The Morgan fingerprint density at radius 3 is 1.88 bits per heavy atom. The van der Waals surface area contributed by atoms with Crippen LogP contribution in [-0.4, -0.2) is 16.7 Å². The predicted molar refractivity (Wildman–Crippen MR) is 108 cm³/mol. The smallest absolute Gasteiger partial charge is 0.310 e. The number of rotatable bonds is 7. The van der Waals surface area contributed by atoms with Gasteiger partial charge in [-0.15, -0.1) is 0 Å². The number of phenols is 1. The van der Waals surface area contributed by atoms with Crippen LogP contribution in [-0.2, 0) is 14.9 Å². The molecular weight excluding hydrogens is 324 g/mol. The fourth-order valence-corrected chi connectivity index (χ4v) is 4.08. The number of carbonyl (C=O) groups is 1. The van der Waals surface area contributed by atoms with E-state index in [1.54, 1.807) is 12.1 Å². The third-order valence-electron chi connectivity index (χ3n) is 5.30. The number of ether oxygens (including phenoxy) is 1. The van der Waals surface area contributed by atoms with Crippen LogP contribution in [0, 0.1) is 23.7 Å². The van der Waals surface area contributed by atoms with Gasteiger partial charge in [0.15, 0.2) is 0 Å².